The van der Waals surface area contributed by atoms with Crippen LogP contribution in [0.5, 0.6) is 0 Å². The van der Waals surface area contributed by atoms with Gasteiger partial charge in [-0.2, -0.15) is 0 Å². The first-order chi connectivity index (χ1) is 6.89. The number of unbranched alkanes of at least 4 members (excludes halogenated alkanes) is 2. The van der Waals surface area contributed by atoms with Crippen molar-refractivity contribution >= 4 is 31.7 Å². The summed E-state index contributed by atoms with van der Waals surface area (Å²) in [6.07, 6.45) is 4.05. The molecule has 0 heterocycles. The van der Waals surface area contributed by atoms with Crippen LogP contribution in [0.15, 0.2) is 0 Å². The maximum absolute atomic E-state index is 11.3. The summed E-state index contributed by atoms with van der Waals surface area (Å²) in [4.78, 5) is 11.3. The summed E-state index contributed by atoms with van der Waals surface area (Å²) in [6, 6.07) is 0. The lowest BCUT2D eigenvalue weighted by Gasteiger charge is -2.09. The Hall–Kier alpha value is -0.100. The number of carbonyl (C=O) groups excluding carboxylic acids is 1. The molecule has 0 aromatic heterocycles. The van der Waals surface area contributed by atoms with Gasteiger partial charge in [0.2, 0.25) is 5.91 Å². The zero-order valence-electron chi connectivity index (χ0n) is 9.12. The van der Waals surface area contributed by atoms with Crippen molar-refractivity contribution in [3.63, 3.8) is 0 Å². The van der Waals surface area contributed by atoms with Gasteiger partial charge in [0, 0.05) is 18.1 Å². The molecular weight excluding hydrogens is 282 g/mol. The SMILES string of the molecule is CC(C(=O)NCCCCCBr)S(C)(=O)=O. The lowest BCUT2D eigenvalue weighted by Crippen LogP contribution is -2.37. The number of hydrogen-bond acceptors (Lipinski definition) is 3. The molecule has 0 aliphatic heterocycles. The Bertz CT molecular complexity index is 290. The molecule has 1 atom stereocenters. The van der Waals surface area contributed by atoms with Gasteiger partial charge in [-0.05, 0) is 19.8 Å². The first kappa shape index (κ1) is 14.9. The van der Waals surface area contributed by atoms with Gasteiger partial charge in [0.15, 0.2) is 9.84 Å². The van der Waals surface area contributed by atoms with Crippen molar-refractivity contribution in [1.82, 2.24) is 5.32 Å². The summed E-state index contributed by atoms with van der Waals surface area (Å²) in [6.45, 7) is 1.95. The Kier molecular flexibility index (Phi) is 7.17. The highest BCUT2D eigenvalue weighted by molar-refractivity contribution is 9.09. The molecule has 0 radical (unpaired) electrons. The van der Waals surface area contributed by atoms with E-state index in [1.165, 1.54) is 6.92 Å². The smallest absolute Gasteiger partial charge is 0.238 e. The van der Waals surface area contributed by atoms with Gasteiger partial charge < -0.3 is 5.32 Å². The zero-order valence-corrected chi connectivity index (χ0v) is 11.5. The molecule has 1 unspecified atom stereocenters. The minimum absolute atomic E-state index is 0.406. The van der Waals surface area contributed by atoms with E-state index in [1.54, 1.807) is 0 Å². The van der Waals surface area contributed by atoms with Crippen LogP contribution in [-0.2, 0) is 14.6 Å². The van der Waals surface area contributed by atoms with Crippen molar-refractivity contribution in [3.8, 4) is 0 Å². The normalized spacial score (nSPS) is 13.5. The summed E-state index contributed by atoms with van der Waals surface area (Å²) in [7, 11) is -3.27. The average molecular weight is 300 g/mol. The third-order valence-corrected chi connectivity index (χ3v) is 4.18. The Labute approximate surface area is 99.9 Å². The summed E-state index contributed by atoms with van der Waals surface area (Å²) >= 11 is 3.31. The highest BCUT2D eigenvalue weighted by Crippen LogP contribution is 1.99. The molecule has 90 valence electrons. The number of sulfone groups is 1. The molecule has 0 saturated heterocycles. The molecule has 0 aliphatic rings. The van der Waals surface area contributed by atoms with Crippen LogP contribution in [0.4, 0.5) is 0 Å². The van der Waals surface area contributed by atoms with E-state index in [0.29, 0.717) is 6.54 Å². The number of rotatable bonds is 7. The molecule has 0 rings (SSSR count). The largest absolute Gasteiger partial charge is 0.355 e. The Morgan fingerprint density at radius 3 is 2.40 bits per heavy atom. The topological polar surface area (TPSA) is 63.2 Å². The molecule has 15 heavy (non-hydrogen) atoms. The minimum Gasteiger partial charge on any atom is -0.355 e. The van der Waals surface area contributed by atoms with E-state index in [9.17, 15) is 13.2 Å². The Balaban J connectivity index is 3.76. The van der Waals surface area contributed by atoms with Gasteiger partial charge in [0.25, 0.3) is 0 Å². The van der Waals surface area contributed by atoms with E-state index in [0.717, 1.165) is 30.8 Å². The number of carbonyl (C=O) groups is 1. The summed E-state index contributed by atoms with van der Waals surface area (Å²) < 4.78 is 22.1. The second kappa shape index (κ2) is 7.22. The molecule has 1 amide bonds. The van der Waals surface area contributed by atoms with Gasteiger partial charge in [0.05, 0.1) is 0 Å². The number of hydrogen-bond donors (Lipinski definition) is 1. The van der Waals surface area contributed by atoms with E-state index in [4.69, 9.17) is 0 Å². The van der Waals surface area contributed by atoms with Gasteiger partial charge >= 0.3 is 0 Å². The maximum Gasteiger partial charge on any atom is 0.238 e. The highest BCUT2D eigenvalue weighted by atomic mass is 79.9. The molecule has 0 saturated carbocycles. The molecule has 0 fully saturated rings. The van der Waals surface area contributed by atoms with E-state index in [1.807, 2.05) is 0 Å². The van der Waals surface area contributed by atoms with E-state index < -0.39 is 21.0 Å². The molecule has 0 aliphatic carbocycles. The molecule has 0 bridgehead atoms. The van der Waals surface area contributed by atoms with Crippen LogP contribution in [0.1, 0.15) is 26.2 Å². The molecular formula is C9H18BrNO3S. The highest BCUT2D eigenvalue weighted by Gasteiger charge is 2.22. The summed E-state index contributed by atoms with van der Waals surface area (Å²) in [5.41, 5.74) is 0. The van der Waals surface area contributed by atoms with Crippen molar-refractivity contribution in [3.05, 3.63) is 0 Å². The molecule has 6 heteroatoms. The van der Waals surface area contributed by atoms with Crippen LogP contribution in [0.2, 0.25) is 0 Å². The summed E-state index contributed by atoms with van der Waals surface area (Å²) in [5.74, 6) is -0.406. The average Bonchev–Trinajstić information content (AvgIpc) is 2.14. The van der Waals surface area contributed by atoms with Crippen LogP contribution in [-0.4, -0.2) is 37.7 Å². The number of amides is 1. The van der Waals surface area contributed by atoms with Crippen LogP contribution < -0.4 is 5.32 Å². The first-order valence-corrected chi connectivity index (χ1v) is 7.99. The minimum atomic E-state index is -3.27. The monoisotopic (exact) mass is 299 g/mol. The second-order valence-electron chi connectivity index (χ2n) is 3.51. The van der Waals surface area contributed by atoms with E-state index >= 15 is 0 Å². The van der Waals surface area contributed by atoms with Crippen LogP contribution in [0.3, 0.4) is 0 Å². The van der Waals surface area contributed by atoms with Crippen LogP contribution in [0, 0.1) is 0 Å². The van der Waals surface area contributed by atoms with Gasteiger partial charge in [-0.15, -0.1) is 0 Å². The number of alkyl halides is 1. The van der Waals surface area contributed by atoms with Gasteiger partial charge in [-0.3, -0.25) is 4.79 Å². The van der Waals surface area contributed by atoms with Crippen molar-refractivity contribution in [2.24, 2.45) is 0 Å². The number of halogens is 1. The third kappa shape index (κ3) is 6.89. The van der Waals surface area contributed by atoms with Crippen LogP contribution >= 0.6 is 15.9 Å². The van der Waals surface area contributed by atoms with Gasteiger partial charge in [-0.1, -0.05) is 22.4 Å². The number of nitrogens with one attached hydrogen (secondary N) is 1. The van der Waals surface area contributed by atoms with Crippen LogP contribution in [0.25, 0.3) is 0 Å². The molecule has 0 spiro atoms. The van der Waals surface area contributed by atoms with Crippen molar-refractivity contribution in [2.75, 3.05) is 18.1 Å². The van der Waals surface area contributed by atoms with E-state index in [2.05, 4.69) is 21.2 Å². The second-order valence-corrected chi connectivity index (χ2v) is 6.67. The summed E-state index contributed by atoms with van der Waals surface area (Å²) in [5, 5.41) is 2.62. The predicted molar refractivity (Wildman–Crippen MR) is 65.0 cm³/mol. The molecule has 0 aromatic rings. The molecule has 1 N–H and O–H groups in total. The quantitative estimate of drug-likeness (QED) is 0.566. The Morgan fingerprint density at radius 1 is 1.33 bits per heavy atom. The lowest BCUT2D eigenvalue weighted by molar-refractivity contribution is -0.120. The lowest BCUT2D eigenvalue weighted by atomic mass is 10.2. The van der Waals surface area contributed by atoms with Crippen molar-refractivity contribution in [1.29, 1.82) is 0 Å². The van der Waals surface area contributed by atoms with E-state index in [-0.39, 0.29) is 0 Å². The Morgan fingerprint density at radius 2 is 1.93 bits per heavy atom. The van der Waals surface area contributed by atoms with Gasteiger partial charge in [0.1, 0.15) is 5.25 Å². The predicted octanol–water partition coefficient (Wildman–Crippen LogP) is 1.10. The van der Waals surface area contributed by atoms with Gasteiger partial charge in [-0.25, -0.2) is 8.42 Å². The maximum atomic E-state index is 11.3. The molecule has 0 aromatic carbocycles. The fraction of sp³-hybridized carbons (Fsp3) is 0.889. The standard InChI is InChI=1S/C9H18BrNO3S/c1-8(15(2,13)14)9(12)11-7-5-3-4-6-10/h8H,3-7H2,1-2H3,(H,11,12). The fourth-order valence-corrected chi connectivity index (χ4v) is 1.81. The van der Waals surface area contributed by atoms with Crippen molar-refractivity contribution < 1.29 is 13.2 Å². The zero-order chi connectivity index (χ0) is 11.9. The fourth-order valence-electron chi connectivity index (χ4n) is 0.946. The first-order valence-electron chi connectivity index (χ1n) is 4.92. The third-order valence-electron chi connectivity index (χ3n) is 2.12. The molecule has 4 nitrogen and oxygen atoms in total. The van der Waals surface area contributed by atoms with Crippen molar-refractivity contribution in [2.45, 2.75) is 31.4 Å².